The van der Waals surface area contributed by atoms with Crippen molar-refractivity contribution in [1.82, 2.24) is 15.4 Å². The normalized spacial score (nSPS) is 11.3. The summed E-state index contributed by atoms with van der Waals surface area (Å²) in [5.74, 6) is 0. The van der Waals surface area contributed by atoms with E-state index in [0.29, 0.717) is 0 Å². The zero-order chi connectivity index (χ0) is 9.97. The van der Waals surface area contributed by atoms with Crippen LogP contribution in [0.25, 0.3) is 10.6 Å². The third-order valence-corrected chi connectivity index (χ3v) is 2.87. The predicted octanol–water partition coefficient (Wildman–Crippen LogP) is 2.24. The Hall–Kier alpha value is -1.20. The second-order valence-corrected chi connectivity index (χ2v) is 4.26. The van der Waals surface area contributed by atoms with E-state index < -0.39 is 0 Å². The molecular formula is C8H7ClN4S. The van der Waals surface area contributed by atoms with E-state index in [-0.39, 0.29) is 0 Å². The second-order valence-electron chi connectivity index (χ2n) is 2.55. The molecule has 0 saturated heterocycles. The van der Waals surface area contributed by atoms with Crippen LogP contribution in [-0.2, 0) is 0 Å². The summed E-state index contributed by atoms with van der Waals surface area (Å²) in [7, 11) is 1.69. The smallest absolute Gasteiger partial charge is 0.132 e. The molecule has 14 heavy (non-hydrogen) atoms. The highest BCUT2D eigenvalue weighted by atomic mass is 35.5. The SMILES string of the molecule is CN=Cc1n[nH]nc1-c1ccc(Cl)s1. The summed E-state index contributed by atoms with van der Waals surface area (Å²) in [5.41, 5.74) is 1.51. The number of halogens is 1. The minimum Gasteiger partial charge on any atom is -0.294 e. The van der Waals surface area contributed by atoms with Crippen LogP contribution in [0.5, 0.6) is 0 Å². The number of hydrogen-bond donors (Lipinski definition) is 1. The van der Waals surface area contributed by atoms with Crippen molar-refractivity contribution >= 4 is 29.2 Å². The van der Waals surface area contributed by atoms with E-state index in [2.05, 4.69) is 20.4 Å². The van der Waals surface area contributed by atoms with Crippen LogP contribution in [0.2, 0.25) is 4.34 Å². The van der Waals surface area contributed by atoms with Crippen molar-refractivity contribution in [3.05, 3.63) is 22.2 Å². The van der Waals surface area contributed by atoms with Crippen molar-refractivity contribution in [2.24, 2.45) is 4.99 Å². The van der Waals surface area contributed by atoms with Crippen molar-refractivity contribution in [2.45, 2.75) is 0 Å². The van der Waals surface area contributed by atoms with Gasteiger partial charge in [0.05, 0.1) is 15.4 Å². The van der Waals surface area contributed by atoms with Gasteiger partial charge in [-0.25, -0.2) is 0 Å². The van der Waals surface area contributed by atoms with Crippen LogP contribution in [0.3, 0.4) is 0 Å². The van der Waals surface area contributed by atoms with Gasteiger partial charge in [0, 0.05) is 7.05 Å². The standard InChI is InChI=1S/C8H7ClN4S/c1-10-4-5-8(12-13-11-5)6-2-3-7(9)14-6/h2-4H,1H3,(H,11,12,13). The Morgan fingerprint density at radius 3 is 3.00 bits per heavy atom. The first-order valence-corrected chi connectivity index (χ1v) is 5.09. The molecule has 0 spiro atoms. The van der Waals surface area contributed by atoms with E-state index >= 15 is 0 Å². The van der Waals surface area contributed by atoms with E-state index in [1.165, 1.54) is 11.3 Å². The first-order valence-electron chi connectivity index (χ1n) is 3.90. The summed E-state index contributed by atoms with van der Waals surface area (Å²) in [4.78, 5) is 4.88. The summed E-state index contributed by atoms with van der Waals surface area (Å²) < 4.78 is 0.738. The van der Waals surface area contributed by atoms with Gasteiger partial charge in [-0.05, 0) is 12.1 Å². The van der Waals surface area contributed by atoms with Crippen molar-refractivity contribution < 1.29 is 0 Å². The molecule has 4 nitrogen and oxygen atoms in total. The third kappa shape index (κ3) is 1.69. The van der Waals surface area contributed by atoms with Gasteiger partial charge in [0.2, 0.25) is 0 Å². The van der Waals surface area contributed by atoms with Gasteiger partial charge in [0.25, 0.3) is 0 Å². The Balaban J connectivity index is 2.46. The first-order chi connectivity index (χ1) is 6.81. The van der Waals surface area contributed by atoms with Crippen LogP contribution in [0.1, 0.15) is 5.69 Å². The lowest BCUT2D eigenvalue weighted by atomic mass is 10.3. The minimum atomic E-state index is 0.728. The van der Waals surface area contributed by atoms with E-state index in [0.717, 1.165) is 20.6 Å². The van der Waals surface area contributed by atoms with Gasteiger partial charge < -0.3 is 0 Å². The van der Waals surface area contributed by atoms with Crippen LogP contribution < -0.4 is 0 Å². The molecule has 2 aromatic rings. The average Bonchev–Trinajstić information content (AvgIpc) is 2.74. The molecule has 0 radical (unpaired) electrons. The fourth-order valence-corrected chi connectivity index (χ4v) is 2.12. The lowest BCUT2D eigenvalue weighted by Gasteiger charge is -1.89. The highest BCUT2D eigenvalue weighted by molar-refractivity contribution is 7.19. The highest BCUT2D eigenvalue weighted by Gasteiger charge is 2.10. The fourth-order valence-electron chi connectivity index (χ4n) is 1.07. The van der Waals surface area contributed by atoms with Crippen molar-refractivity contribution in [3.63, 3.8) is 0 Å². The Bertz CT molecular complexity index is 459. The average molecular weight is 227 g/mol. The monoisotopic (exact) mass is 226 g/mol. The van der Waals surface area contributed by atoms with Gasteiger partial charge in [-0.15, -0.1) is 11.3 Å². The van der Waals surface area contributed by atoms with Crippen LogP contribution in [0, 0.1) is 0 Å². The molecule has 0 amide bonds. The van der Waals surface area contributed by atoms with Crippen LogP contribution in [0.4, 0.5) is 0 Å². The van der Waals surface area contributed by atoms with E-state index in [1.54, 1.807) is 13.3 Å². The van der Waals surface area contributed by atoms with Crippen molar-refractivity contribution in [3.8, 4) is 10.6 Å². The lowest BCUT2D eigenvalue weighted by molar-refractivity contribution is 0.940. The molecule has 1 N–H and O–H groups in total. The number of thiophene rings is 1. The molecule has 0 fully saturated rings. The zero-order valence-corrected chi connectivity index (χ0v) is 8.93. The van der Waals surface area contributed by atoms with Gasteiger partial charge in [-0.1, -0.05) is 11.6 Å². The summed E-state index contributed by atoms with van der Waals surface area (Å²) in [5, 5.41) is 10.6. The summed E-state index contributed by atoms with van der Waals surface area (Å²) >= 11 is 7.30. The number of rotatable bonds is 2. The van der Waals surface area contributed by atoms with E-state index in [9.17, 15) is 0 Å². The Morgan fingerprint density at radius 2 is 2.36 bits per heavy atom. The summed E-state index contributed by atoms with van der Waals surface area (Å²) in [6.07, 6.45) is 1.66. The molecule has 72 valence electrons. The highest BCUT2D eigenvalue weighted by Crippen LogP contribution is 2.30. The Morgan fingerprint density at radius 1 is 1.50 bits per heavy atom. The maximum absolute atomic E-state index is 5.83. The quantitative estimate of drug-likeness (QED) is 0.799. The molecule has 0 aromatic carbocycles. The van der Waals surface area contributed by atoms with Crippen LogP contribution >= 0.6 is 22.9 Å². The van der Waals surface area contributed by atoms with Crippen LogP contribution in [-0.4, -0.2) is 28.7 Å². The number of aromatic nitrogens is 3. The molecule has 0 aliphatic rings. The number of nitrogens with zero attached hydrogens (tertiary/aromatic N) is 3. The molecule has 0 unspecified atom stereocenters. The maximum atomic E-state index is 5.83. The molecule has 0 bridgehead atoms. The Kier molecular flexibility index (Phi) is 2.60. The fraction of sp³-hybridized carbons (Fsp3) is 0.125. The third-order valence-electron chi connectivity index (χ3n) is 1.63. The van der Waals surface area contributed by atoms with E-state index in [4.69, 9.17) is 11.6 Å². The number of nitrogens with one attached hydrogen (secondary N) is 1. The molecule has 0 atom stereocenters. The number of aliphatic imine (C=N–C) groups is 1. The molecule has 6 heteroatoms. The first kappa shape index (κ1) is 9.36. The lowest BCUT2D eigenvalue weighted by Crippen LogP contribution is -1.84. The topological polar surface area (TPSA) is 53.9 Å². The predicted molar refractivity (Wildman–Crippen MR) is 58.2 cm³/mol. The van der Waals surface area contributed by atoms with Crippen molar-refractivity contribution in [1.29, 1.82) is 0 Å². The molecule has 0 aliphatic heterocycles. The van der Waals surface area contributed by atoms with Gasteiger partial charge in [0.15, 0.2) is 0 Å². The van der Waals surface area contributed by atoms with Gasteiger partial charge in [-0.3, -0.25) is 4.99 Å². The van der Waals surface area contributed by atoms with E-state index in [1.807, 2.05) is 12.1 Å². The molecule has 0 aliphatic carbocycles. The molecular weight excluding hydrogens is 220 g/mol. The summed E-state index contributed by atoms with van der Waals surface area (Å²) in [6.45, 7) is 0. The number of hydrogen-bond acceptors (Lipinski definition) is 4. The number of H-pyrrole nitrogens is 1. The summed E-state index contributed by atoms with van der Waals surface area (Å²) in [6, 6.07) is 3.75. The second kappa shape index (κ2) is 3.89. The molecule has 2 rings (SSSR count). The maximum Gasteiger partial charge on any atom is 0.132 e. The van der Waals surface area contributed by atoms with Gasteiger partial charge >= 0.3 is 0 Å². The van der Waals surface area contributed by atoms with Crippen molar-refractivity contribution in [2.75, 3.05) is 7.05 Å². The molecule has 0 saturated carbocycles. The molecule has 2 heterocycles. The van der Waals surface area contributed by atoms with Gasteiger partial charge in [0.1, 0.15) is 11.4 Å². The largest absolute Gasteiger partial charge is 0.294 e. The number of aromatic amines is 1. The van der Waals surface area contributed by atoms with Gasteiger partial charge in [-0.2, -0.15) is 15.4 Å². The minimum absolute atomic E-state index is 0.728. The molecule has 2 aromatic heterocycles. The Labute approximate surface area is 89.6 Å². The zero-order valence-electron chi connectivity index (χ0n) is 7.36. The van der Waals surface area contributed by atoms with Crippen LogP contribution in [0.15, 0.2) is 17.1 Å².